The number of amides is 1. The van der Waals surface area contributed by atoms with Gasteiger partial charge < -0.3 is 11.1 Å². The number of nitrogens with zero attached hydrogens (tertiary/aromatic N) is 2. The Hall–Kier alpha value is -5.20. The summed E-state index contributed by atoms with van der Waals surface area (Å²) in [5.74, 6) is -5.15. The minimum atomic E-state index is -5.14. The average molecular weight is 769 g/mol. The number of hydrogen-bond donors (Lipinski definition) is 2. The van der Waals surface area contributed by atoms with Gasteiger partial charge in [-0.05, 0) is 36.4 Å². The number of anilines is 2. The highest BCUT2D eigenvalue weighted by Gasteiger charge is 2.38. The van der Waals surface area contributed by atoms with Gasteiger partial charge in [0.2, 0.25) is 20.0 Å². The number of nitrogens with one attached hydrogen (secondary N) is 1. The van der Waals surface area contributed by atoms with Crippen LogP contribution in [0, 0.1) is 11.6 Å². The molecule has 278 valence electrons. The topological polar surface area (TPSA) is 164 Å². The Morgan fingerprint density at radius 2 is 1.04 bits per heavy atom. The molecule has 0 unspecified atom stereocenters. The molecule has 4 rings (SSSR count). The number of hydrogen-bond acceptors (Lipinski definition) is 8. The number of halogens is 5. The smallest absolute Gasteiger partial charge is 0.341 e. The van der Waals surface area contributed by atoms with Crippen molar-refractivity contribution in [2.45, 2.75) is 19.3 Å². The molecule has 0 saturated carbocycles. The molecule has 3 N–H and O–H groups in total. The van der Waals surface area contributed by atoms with Crippen LogP contribution in [0.1, 0.15) is 31.8 Å². The van der Waals surface area contributed by atoms with Gasteiger partial charge in [-0.2, -0.15) is 13.2 Å². The Morgan fingerprint density at radius 1 is 0.654 bits per heavy atom. The second-order valence-corrected chi connectivity index (χ2v) is 14.9. The number of alkyl halides is 3. The molecule has 0 radical (unpaired) electrons. The fourth-order valence-corrected chi connectivity index (χ4v) is 6.23. The Morgan fingerprint density at radius 3 is 1.37 bits per heavy atom. The summed E-state index contributed by atoms with van der Waals surface area (Å²) in [4.78, 5) is 34.1. The summed E-state index contributed by atoms with van der Waals surface area (Å²) in [6, 6.07) is 23.4. The number of nitrogens with two attached hydrogens (primary N) is 1. The van der Waals surface area contributed by atoms with Gasteiger partial charge in [-0.1, -0.05) is 60.7 Å². The summed E-state index contributed by atoms with van der Waals surface area (Å²) < 4.78 is 115. The molecule has 4 aromatic rings. The number of carbonyl (C=O) groups is 3. The zero-order chi connectivity index (χ0) is 38.9. The van der Waals surface area contributed by atoms with E-state index in [0.29, 0.717) is 11.4 Å². The Kier molecular flexibility index (Phi) is 13.7. The number of carbonyl (C=O) groups excluding carboxylic acids is 3. The number of Topliss-reactive ketones (excluding diaryl/α,β-unsaturated/α-hetero) is 2. The SMILES string of the molecule is CS(=O)(=O)N(Cc1ccc(C(=O)CN)cc1F)c1ccccc1.CS(=O)(=O)N(Cc1ccc(C(=O)CNC(=O)C(F)(F)F)cc1F)c1ccccc1. The van der Waals surface area contributed by atoms with Crippen LogP contribution in [0.15, 0.2) is 97.1 Å². The quantitative estimate of drug-likeness (QED) is 0.147. The molecule has 0 spiro atoms. The van der Waals surface area contributed by atoms with Gasteiger partial charge in [-0.3, -0.25) is 23.0 Å². The molecule has 4 aromatic carbocycles. The van der Waals surface area contributed by atoms with E-state index >= 15 is 0 Å². The molecular weight excluding hydrogens is 736 g/mol. The number of ketones is 2. The summed E-state index contributed by atoms with van der Waals surface area (Å²) >= 11 is 0. The second kappa shape index (κ2) is 17.3. The van der Waals surface area contributed by atoms with Crippen LogP contribution in [0.2, 0.25) is 0 Å². The van der Waals surface area contributed by atoms with Crippen molar-refractivity contribution < 1.29 is 53.2 Å². The zero-order valence-electron chi connectivity index (χ0n) is 27.6. The van der Waals surface area contributed by atoms with Gasteiger partial charge in [-0.25, -0.2) is 25.6 Å². The molecule has 0 aliphatic rings. The Balaban J connectivity index is 0.000000288. The van der Waals surface area contributed by atoms with Gasteiger partial charge in [0, 0.05) is 22.3 Å². The van der Waals surface area contributed by atoms with Gasteiger partial charge in [-0.15, -0.1) is 0 Å². The van der Waals surface area contributed by atoms with Crippen molar-refractivity contribution >= 4 is 48.9 Å². The lowest BCUT2D eigenvalue weighted by Gasteiger charge is -2.22. The summed E-state index contributed by atoms with van der Waals surface area (Å²) in [6.07, 6.45) is -3.12. The third kappa shape index (κ3) is 11.7. The minimum absolute atomic E-state index is 0.0462. The predicted molar refractivity (Wildman–Crippen MR) is 185 cm³/mol. The van der Waals surface area contributed by atoms with E-state index in [9.17, 15) is 53.2 Å². The predicted octanol–water partition coefficient (Wildman–Crippen LogP) is 4.59. The maximum atomic E-state index is 14.4. The van der Waals surface area contributed by atoms with Crippen molar-refractivity contribution in [2.75, 3.05) is 34.2 Å². The van der Waals surface area contributed by atoms with E-state index in [4.69, 9.17) is 5.73 Å². The standard InChI is InChI=1S/C18H16F4N2O4S.C16H17FN2O3S/c1-29(27,28)24(14-5-3-2-4-6-14)11-13-8-7-12(9-15(13)19)16(25)10-23-17(26)18(20,21)22;1-23(21,22)19(14-5-3-2-4-6-14)11-13-8-7-12(9-15(13)17)16(20)10-18/h2-9H,10-11H2,1H3,(H,23,26);2-9H,10-11,18H2,1H3. The normalized spacial score (nSPS) is 11.5. The molecule has 18 heteroatoms. The highest BCUT2D eigenvalue weighted by Crippen LogP contribution is 2.24. The van der Waals surface area contributed by atoms with E-state index in [1.165, 1.54) is 29.6 Å². The minimum Gasteiger partial charge on any atom is -0.341 e. The Bertz CT molecular complexity index is 2120. The lowest BCUT2D eigenvalue weighted by atomic mass is 10.1. The molecule has 0 aliphatic carbocycles. The summed E-state index contributed by atoms with van der Waals surface area (Å²) in [5.41, 5.74) is 6.03. The van der Waals surface area contributed by atoms with Crippen LogP contribution in [0.5, 0.6) is 0 Å². The van der Waals surface area contributed by atoms with E-state index in [0.717, 1.165) is 45.4 Å². The fourth-order valence-electron chi connectivity index (χ4n) is 4.48. The van der Waals surface area contributed by atoms with Crippen molar-refractivity contribution in [3.8, 4) is 0 Å². The van der Waals surface area contributed by atoms with E-state index < -0.39 is 56.1 Å². The molecule has 0 bridgehead atoms. The first kappa shape index (κ1) is 41.2. The van der Waals surface area contributed by atoms with Crippen LogP contribution in [-0.2, 0) is 37.9 Å². The second-order valence-electron chi connectivity index (χ2n) is 11.1. The molecular formula is C34H33F5N4O7S2. The van der Waals surface area contributed by atoms with Crippen molar-refractivity contribution in [1.82, 2.24) is 5.32 Å². The third-order valence-corrected chi connectivity index (χ3v) is 9.40. The van der Waals surface area contributed by atoms with E-state index in [1.807, 2.05) is 0 Å². The van der Waals surface area contributed by atoms with Gasteiger partial charge in [0.25, 0.3) is 0 Å². The summed E-state index contributed by atoms with van der Waals surface area (Å²) in [7, 11) is -7.33. The third-order valence-electron chi connectivity index (χ3n) is 7.12. The van der Waals surface area contributed by atoms with E-state index in [2.05, 4.69) is 0 Å². The van der Waals surface area contributed by atoms with Crippen molar-refractivity contribution in [1.29, 1.82) is 0 Å². The van der Waals surface area contributed by atoms with Crippen LogP contribution in [-0.4, -0.2) is 66.1 Å². The molecule has 11 nitrogen and oxygen atoms in total. The Labute approximate surface area is 297 Å². The lowest BCUT2D eigenvalue weighted by Crippen LogP contribution is -2.39. The van der Waals surface area contributed by atoms with E-state index in [-0.39, 0.29) is 47.7 Å². The lowest BCUT2D eigenvalue weighted by molar-refractivity contribution is -0.173. The molecule has 0 aliphatic heterocycles. The maximum Gasteiger partial charge on any atom is 0.471 e. The van der Waals surface area contributed by atoms with Crippen molar-refractivity contribution in [3.63, 3.8) is 0 Å². The number of para-hydroxylation sites is 2. The van der Waals surface area contributed by atoms with Crippen molar-refractivity contribution in [3.05, 3.63) is 131 Å². The molecule has 1 amide bonds. The number of sulfonamides is 2. The van der Waals surface area contributed by atoms with Crippen LogP contribution < -0.4 is 19.7 Å². The zero-order valence-corrected chi connectivity index (χ0v) is 29.2. The van der Waals surface area contributed by atoms with Crippen LogP contribution in [0.3, 0.4) is 0 Å². The van der Waals surface area contributed by atoms with Gasteiger partial charge in [0.15, 0.2) is 11.6 Å². The van der Waals surface area contributed by atoms with Gasteiger partial charge in [0.1, 0.15) is 11.6 Å². The molecule has 0 atom stereocenters. The molecule has 0 saturated heterocycles. The number of benzene rings is 4. The van der Waals surface area contributed by atoms with Gasteiger partial charge >= 0.3 is 12.1 Å². The van der Waals surface area contributed by atoms with Crippen LogP contribution in [0.25, 0.3) is 0 Å². The maximum absolute atomic E-state index is 14.4. The van der Waals surface area contributed by atoms with Crippen LogP contribution in [0.4, 0.5) is 33.3 Å². The molecule has 52 heavy (non-hydrogen) atoms. The first-order valence-electron chi connectivity index (χ1n) is 15.0. The largest absolute Gasteiger partial charge is 0.471 e. The first-order chi connectivity index (χ1) is 24.2. The fraction of sp³-hybridized carbons (Fsp3) is 0.206. The van der Waals surface area contributed by atoms with E-state index in [1.54, 1.807) is 48.5 Å². The highest BCUT2D eigenvalue weighted by atomic mass is 32.2. The van der Waals surface area contributed by atoms with Crippen LogP contribution >= 0.6 is 0 Å². The molecule has 0 fully saturated rings. The first-order valence-corrected chi connectivity index (χ1v) is 18.7. The highest BCUT2D eigenvalue weighted by molar-refractivity contribution is 7.92. The van der Waals surface area contributed by atoms with Crippen molar-refractivity contribution in [2.24, 2.45) is 5.73 Å². The molecule has 0 heterocycles. The summed E-state index contributed by atoms with van der Waals surface area (Å²) in [5, 5.41) is 1.41. The monoisotopic (exact) mass is 768 g/mol. The van der Waals surface area contributed by atoms with Gasteiger partial charge in [0.05, 0.1) is 50.1 Å². The average Bonchev–Trinajstić information content (AvgIpc) is 3.08. The number of rotatable bonds is 13. The summed E-state index contributed by atoms with van der Waals surface area (Å²) in [6.45, 7) is -1.69. The molecule has 0 aromatic heterocycles.